The van der Waals surface area contributed by atoms with Crippen LogP contribution in [0, 0.1) is 6.92 Å². The first-order valence-corrected chi connectivity index (χ1v) is 5.86. The second kappa shape index (κ2) is 5.48. The van der Waals surface area contributed by atoms with Crippen molar-refractivity contribution in [1.29, 1.82) is 0 Å². The van der Waals surface area contributed by atoms with Crippen molar-refractivity contribution in [2.75, 3.05) is 12.4 Å². The van der Waals surface area contributed by atoms with E-state index in [1.165, 1.54) is 0 Å². The monoisotopic (exact) mass is 260 g/mol. The molecular weight excluding hydrogens is 244 g/mol. The van der Waals surface area contributed by atoms with Gasteiger partial charge in [0, 0.05) is 5.56 Å². The molecule has 1 amide bonds. The Balaban J connectivity index is 2.20. The number of carbonyl (C=O) groups excluding carboxylic acids is 1. The smallest absolute Gasteiger partial charge is 0.248 e. The minimum atomic E-state index is -0.472. The molecule has 0 radical (unpaired) electrons. The number of carbonyl (C=O) groups is 1. The van der Waals surface area contributed by atoms with Crippen LogP contribution in [0.15, 0.2) is 34.9 Å². The molecule has 0 unspecified atom stereocenters. The number of hydrogen-bond acceptors (Lipinski definition) is 4. The minimum absolute atomic E-state index is 0.430. The molecule has 19 heavy (non-hydrogen) atoms. The van der Waals surface area contributed by atoms with Crippen LogP contribution in [0.1, 0.15) is 21.7 Å². The van der Waals surface area contributed by atoms with E-state index in [0.717, 1.165) is 11.3 Å². The minimum Gasteiger partial charge on any atom is -0.495 e. The van der Waals surface area contributed by atoms with Crippen molar-refractivity contribution in [3.05, 3.63) is 47.4 Å². The van der Waals surface area contributed by atoms with E-state index >= 15 is 0 Å². The van der Waals surface area contributed by atoms with Gasteiger partial charge < -0.3 is 20.2 Å². The number of nitrogens with one attached hydrogen (secondary N) is 1. The Morgan fingerprint density at radius 1 is 1.42 bits per heavy atom. The molecule has 3 N–H and O–H groups in total. The van der Waals surface area contributed by atoms with E-state index in [0.29, 0.717) is 23.5 Å². The number of aryl methyl sites for hydroxylation is 1. The van der Waals surface area contributed by atoms with Gasteiger partial charge in [-0.2, -0.15) is 0 Å². The quantitative estimate of drug-likeness (QED) is 0.864. The Hall–Kier alpha value is -2.43. The Kier molecular flexibility index (Phi) is 3.75. The molecule has 5 heteroatoms. The molecular formula is C14H16N2O3. The zero-order valence-corrected chi connectivity index (χ0v) is 10.9. The van der Waals surface area contributed by atoms with E-state index in [2.05, 4.69) is 5.32 Å². The van der Waals surface area contributed by atoms with Crippen molar-refractivity contribution in [1.82, 2.24) is 0 Å². The van der Waals surface area contributed by atoms with E-state index in [4.69, 9.17) is 14.9 Å². The number of rotatable bonds is 5. The van der Waals surface area contributed by atoms with Gasteiger partial charge in [-0.1, -0.05) is 0 Å². The number of anilines is 1. The van der Waals surface area contributed by atoms with Crippen LogP contribution in [0.4, 0.5) is 5.69 Å². The number of amides is 1. The topological polar surface area (TPSA) is 77.5 Å². The summed E-state index contributed by atoms with van der Waals surface area (Å²) in [5.41, 5.74) is 7.46. The van der Waals surface area contributed by atoms with Crippen molar-refractivity contribution < 1.29 is 13.9 Å². The summed E-state index contributed by atoms with van der Waals surface area (Å²) in [6.45, 7) is 2.48. The Bertz CT molecular complexity index is 590. The van der Waals surface area contributed by atoms with E-state index in [9.17, 15) is 4.79 Å². The summed E-state index contributed by atoms with van der Waals surface area (Å²) in [7, 11) is 1.57. The fourth-order valence-electron chi connectivity index (χ4n) is 1.76. The first kappa shape index (κ1) is 13.0. The lowest BCUT2D eigenvalue weighted by atomic mass is 10.1. The van der Waals surface area contributed by atoms with Crippen molar-refractivity contribution in [3.63, 3.8) is 0 Å². The Morgan fingerprint density at radius 3 is 2.79 bits per heavy atom. The van der Waals surface area contributed by atoms with Crippen LogP contribution in [0.3, 0.4) is 0 Å². The lowest BCUT2D eigenvalue weighted by Gasteiger charge is -2.11. The zero-order valence-electron chi connectivity index (χ0n) is 10.9. The largest absolute Gasteiger partial charge is 0.495 e. The highest BCUT2D eigenvalue weighted by Gasteiger charge is 2.09. The maximum absolute atomic E-state index is 11.2. The number of nitrogens with two attached hydrogens (primary N) is 1. The highest BCUT2D eigenvalue weighted by molar-refractivity contribution is 5.94. The van der Waals surface area contributed by atoms with Crippen LogP contribution in [-0.4, -0.2) is 13.0 Å². The average molecular weight is 260 g/mol. The van der Waals surface area contributed by atoms with Gasteiger partial charge in [-0.3, -0.25) is 4.79 Å². The summed E-state index contributed by atoms with van der Waals surface area (Å²) in [4.78, 5) is 11.2. The number of benzene rings is 1. The van der Waals surface area contributed by atoms with Gasteiger partial charge in [0.25, 0.3) is 0 Å². The molecule has 1 heterocycles. The van der Waals surface area contributed by atoms with Crippen LogP contribution in [0.2, 0.25) is 0 Å². The first-order valence-electron chi connectivity index (χ1n) is 5.86. The Labute approximate surface area is 111 Å². The number of ether oxygens (including phenoxy) is 1. The van der Waals surface area contributed by atoms with Gasteiger partial charge in [-0.15, -0.1) is 0 Å². The molecule has 5 nitrogen and oxygen atoms in total. The summed E-state index contributed by atoms with van der Waals surface area (Å²) in [5, 5.41) is 3.18. The fraction of sp³-hybridized carbons (Fsp3) is 0.214. The van der Waals surface area contributed by atoms with Crippen LogP contribution in [0.25, 0.3) is 0 Å². The molecule has 1 aromatic heterocycles. The Morgan fingerprint density at radius 2 is 2.21 bits per heavy atom. The summed E-state index contributed by atoms with van der Waals surface area (Å²) < 4.78 is 10.6. The van der Waals surface area contributed by atoms with Gasteiger partial charge in [0.15, 0.2) is 0 Å². The highest BCUT2D eigenvalue weighted by atomic mass is 16.5. The molecule has 100 valence electrons. The van der Waals surface area contributed by atoms with Crippen molar-refractivity contribution in [3.8, 4) is 5.75 Å². The summed E-state index contributed by atoms with van der Waals surface area (Å²) in [6.07, 6.45) is 1.64. The number of methoxy groups -OCH3 is 1. The van der Waals surface area contributed by atoms with Gasteiger partial charge in [-0.25, -0.2) is 0 Å². The summed E-state index contributed by atoms with van der Waals surface area (Å²) in [5.74, 6) is 1.01. The summed E-state index contributed by atoms with van der Waals surface area (Å²) >= 11 is 0. The normalized spacial score (nSPS) is 10.2. The van der Waals surface area contributed by atoms with E-state index in [1.54, 1.807) is 31.6 Å². The molecule has 1 aromatic carbocycles. The lowest BCUT2D eigenvalue weighted by molar-refractivity contribution is 0.100. The molecule has 0 spiro atoms. The van der Waals surface area contributed by atoms with Crippen LogP contribution < -0.4 is 15.8 Å². The maximum atomic E-state index is 11.2. The van der Waals surface area contributed by atoms with Gasteiger partial charge in [0.05, 0.1) is 25.6 Å². The molecule has 0 aliphatic heterocycles. The molecule has 2 aromatic rings. The SMILES string of the molecule is COc1ccc(C(N)=O)cc1NCc1occc1C. The number of furan rings is 1. The van der Waals surface area contributed by atoms with Gasteiger partial charge in [0.1, 0.15) is 11.5 Å². The third-order valence-electron chi connectivity index (χ3n) is 2.89. The van der Waals surface area contributed by atoms with Crippen molar-refractivity contribution in [2.45, 2.75) is 13.5 Å². The molecule has 0 aliphatic rings. The van der Waals surface area contributed by atoms with Gasteiger partial charge in [-0.05, 0) is 36.8 Å². The van der Waals surface area contributed by atoms with Crippen molar-refractivity contribution in [2.24, 2.45) is 5.73 Å². The predicted octanol–water partition coefficient (Wildman–Crippen LogP) is 2.31. The van der Waals surface area contributed by atoms with Crippen LogP contribution >= 0.6 is 0 Å². The van der Waals surface area contributed by atoms with Crippen LogP contribution in [-0.2, 0) is 6.54 Å². The fourth-order valence-corrected chi connectivity index (χ4v) is 1.76. The average Bonchev–Trinajstić information content (AvgIpc) is 2.81. The summed E-state index contributed by atoms with van der Waals surface area (Å²) in [6, 6.07) is 6.90. The van der Waals surface area contributed by atoms with E-state index < -0.39 is 5.91 Å². The molecule has 0 saturated carbocycles. The van der Waals surface area contributed by atoms with Crippen molar-refractivity contribution >= 4 is 11.6 Å². The molecule has 2 rings (SSSR count). The number of hydrogen-bond donors (Lipinski definition) is 2. The molecule has 0 fully saturated rings. The zero-order chi connectivity index (χ0) is 13.8. The van der Waals surface area contributed by atoms with Crippen LogP contribution in [0.5, 0.6) is 5.75 Å². The third-order valence-corrected chi connectivity index (χ3v) is 2.89. The third kappa shape index (κ3) is 2.88. The molecule has 0 bridgehead atoms. The van der Waals surface area contributed by atoms with E-state index in [-0.39, 0.29) is 0 Å². The second-order valence-corrected chi connectivity index (χ2v) is 4.16. The highest BCUT2D eigenvalue weighted by Crippen LogP contribution is 2.26. The second-order valence-electron chi connectivity index (χ2n) is 4.16. The molecule has 0 atom stereocenters. The molecule has 0 saturated heterocycles. The standard InChI is InChI=1S/C14H16N2O3/c1-9-5-6-19-13(9)8-16-11-7-10(14(15)17)3-4-12(11)18-2/h3-7,16H,8H2,1-2H3,(H2,15,17). The van der Waals surface area contributed by atoms with Gasteiger partial charge >= 0.3 is 0 Å². The van der Waals surface area contributed by atoms with E-state index in [1.807, 2.05) is 13.0 Å². The first-order chi connectivity index (χ1) is 9.11. The lowest BCUT2D eigenvalue weighted by Crippen LogP contribution is -2.11. The molecule has 0 aliphatic carbocycles. The number of primary amides is 1. The maximum Gasteiger partial charge on any atom is 0.248 e. The van der Waals surface area contributed by atoms with Gasteiger partial charge in [0.2, 0.25) is 5.91 Å². The predicted molar refractivity (Wildman–Crippen MR) is 72.3 cm³/mol.